The third kappa shape index (κ3) is 2.99. The maximum Gasteiger partial charge on any atom is 0.276 e. The molecule has 18 heavy (non-hydrogen) atoms. The minimum atomic E-state index is -0.459. The maximum atomic E-state index is 10.5. The number of benzene rings is 1. The molecular formula is C10H8ClN3O3S. The van der Waals surface area contributed by atoms with Crippen LogP contribution in [0.15, 0.2) is 33.9 Å². The molecule has 0 fully saturated rings. The van der Waals surface area contributed by atoms with Crippen molar-refractivity contribution in [1.29, 1.82) is 0 Å². The van der Waals surface area contributed by atoms with E-state index in [2.05, 4.69) is 10.2 Å². The van der Waals surface area contributed by atoms with Gasteiger partial charge in [-0.2, -0.15) is 0 Å². The molecule has 0 atom stereocenters. The first kappa shape index (κ1) is 12.8. The van der Waals surface area contributed by atoms with E-state index in [4.69, 9.17) is 16.0 Å². The summed E-state index contributed by atoms with van der Waals surface area (Å²) in [6, 6.07) is 5.93. The van der Waals surface area contributed by atoms with E-state index in [1.54, 1.807) is 12.1 Å². The number of nitro benzene ring substituents is 1. The molecular weight excluding hydrogens is 278 g/mol. The molecule has 0 bridgehead atoms. The van der Waals surface area contributed by atoms with E-state index in [1.807, 2.05) is 0 Å². The fourth-order valence-electron chi connectivity index (χ4n) is 1.24. The Kier molecular flexibility index (Phi) is 4.16. The molecule has 1 heterocycles. The lowest BCUT2D eigenvalue weighted by Crippen LogP contribution is -1.87. The molecule has 8 heteroatoms. The second-order valence-corrected chi connectivity index (χ2v) is 4.64. The van der Waals surface area contributed by atoms with Gasteiger partial charge in [0.15, 0.2) is 0 Å². The minimum Gasteiger partial charge on any atom is -0.411 e. The summed E-state index contributed by atoms with van der Waals surface area (Å²) in [6.45, 7) is 0. The smallest absolute Gasteiger partial charge is 0.276 e. The number of halogens is 1. The van der Waals surface area contributed by atoms with E-state index in [0.717, 1.165) is 0 Å². The van der Waals surface area contributed by atoms with Crippen molar-refractivity contribution in [1.82, 2.24) is 10.2 Å². The summed E-state index contributed by atoms with van der Waals surface area (Å²) in [4.78, 5) is 10.1. The van der Waals surface area contributed by atoms with Crippen LogP contribution >= 0.6 is 23.4 Å². The molecule has 0 saturated heterocycles. The Morgan fingerprint density at radius 2 is 2.06 bits per heavy atom. The highest BCUT2D eigenvalue weighted by Crippen LogP contribution is 2.24. The molecule has 0 aliphatic rings. The van der Waals surface area contributed by atoms with Crippen LogP contribution in [0.5, 0.6) is 0 Å². The average Bonchev–Trinajstić information content (AvgIpc) is 2.85. The van der Waals surface area contributed by atoms with Gasteiger partial charge in [0, 0.05) is 29.3 Å². The summed E-state index contributed by atoms with van der Waals surface area (Å²) in [5.74, 6) is 1.52. The van der Waals surface area contributed by atoms with Crippen LogP contribution in [0, 0.1) is 10.1 Å². The highest BCUT2D eigenvalue weighted by atomic mass is 35.5. The summed E-state index contributed by atoms with van der Waals surface area (Å²) in [5.41, 5.74) is 0.667. The van der Waals surface area contributed by atoms with Crippen molar-refractivity contribution in [2.45, 2.75) is 5.22 Å². The predicted molar refractivity (Wildman–Crippen MR) is 67.8 cm³/mol. The molecule has 1 aromatic heterocycles. The molecule has 0 aliphatic carbocycles. The van der Waals surface area contributed by atoms with E-state index in [9.17, 15) is 10.1 Å². The monoisotopic (exact) mass is 285 g/mol. The van der Waals surface area contributed by atoms with Gasteiger partial charge in [-0.05, 0) is 12.1 Å². The van der Waals surface area contributed by atoms with Gasteiger partial charge in [0.1, 0.15) is 0 Å². The summed E-state index contributed by atoms with van der Waals surface area (Å²) in [5, 5.41) is 18.6. The van der Waals surface area contributed by atoms with Crippen LogP contribution in [0.4, 0.5) is 5.69 Å². The van der Waals surface area contributed by atoms with Gasteiger partial charge in [0.2, 0.25) is 5.89 Å². The number of nitro groups is 1. The number of alkyl halides is 1. The van der Waals surface area contributed by atoms with Gasteiger partial charge < -0.3 is 4.42 Å². The summed E-state index contributed by atoms with van der Waals surface area (Å²) < 4.78 is 5.38. The van der Waals surface area contributed by atoms with Crippen molar-refractivity contribution in [3.8, 4) is 11.5 Å². The Morgan fingerprint density at radius 3 is 2.67 bits per heavy atom. The average molecular weight is 286 g/mol. The first-order chi connectivity index (χ1) is 8.70. The fraction of sp³-hybridized carbons (Fsp3) is 0.200. The van der Waals surface area contributed by atoms with Crippen molar-refractivity contribution in [3.05, 3.63) is 34.4 Å². The number of hydrogen-bond donors (Lipinski definition) is 0. The fourth-order valence-corrected chi connectivity index (χ4v) is 1.96. The van der Waals surface area contributed by atoms with Crippen LogP contribution < -0.4 is 0 Å². The van der Waals surface area contributed by atoms with Gasteiger partial charge >= 0.3 is 0 Å². The predicted octanol–water partition coefficient (Wildman–Crippen LogP) is 2.98. The van der Waals surface area contributed by atoms with E-state index in [0.29, 0.717) is 28.3 Å². The molecule has 0 radical (unpaired) electrons. The Hall–Kier alpha value is -1.60. The van der Waals surface area contributed by atoms with Crippen LogP contribution in [-0.2, 0) is 0 Å². The summed E-state index contributed by atoms with van der Waals surface area (Å²) >= 11 is 6.91. The van der Waals surface area contributed by atoms with Gasteiger partial charge in [-0.15, -0.1) is 21.8 Å². The lowest BCUT2D eigenvalue weighted by atomic mass is 10.2. The zero-order valence-electron chi connectivity index (χ0n) is 9.08. The first-order valence-corrected chi connectivity index (χ1v) is 6.50. The first-order valence-electron chi connectivity index (χ1n) is 4.98. The van der Waals surface area contributed by atoms with Gasteiger partial charge in [0.05, 0.1) is 4.92 Å². The zero-order chi connectivity index (χ0) is 13.0. The summed E-state index contributed by atoms with van der Waals surface area (Å²) in [6.07, 6.45) is 0. The molecule has 94 valence electrons. The van der Waals surface area contributed by atoms with Crippen LogP contribution in [0.3, 0.4) is 0 Å². The molecule has 0 aliphatic heterocycles. The normalized spacial score (nSPS) is 10.5. The molecule has 1 aromatic carbocycles. The Labute approximate surface area is 111 Å². The van der Waals surface area contributed by atoms with Crippen molar-refractivity contribution >= 4 is 29.1 Å². The topological polar surface area (TPSA) is 82.1 Å². The lowest BCUT2D eigenvalue weighted by molar-refractivity contribution is -0.384. The van der Waals surface area contributed by atoms with Gasteiger partial charge in [0.25, 0.3) is 10.9 Å². The number of rotatable bonds is 5. The molecule has 6 nitrogen and oxygen atoms in total. The second-order valence-electron chi connectivity index (χ2n) is 3.21. The van der Waals surface area contributed by atoms with Crippen molar-refractivity contribution in [3.63, 3.8) is 0 Å². The number of aromatic nitrogens is 2. The quantitative estimate of drug-likeness (QED) is 0.363. The molecule has 0 unspecified atom stereocenters. The van der Waals surface area contributed by atoms with Crippen LogP contribution in [-0.4, -0.2) is 26.8 Å². The molecule has 0 amide bonds. The van der Waals surface area contributed by atoms with Crippen LogP contribution in [0.2, 0.25) is 0 Å². The van der Waals surface area contributed by atoms with E-state index >= 15 is 0 Å². The third-order valence-corrected chi connectivity index (χ3v) is 3.27. The molecule has 0 saturated carbocycles. The van der Waals surface area contributed by atoms with Crippen molar-refractivity contribution < 1.29 is 9.34 Å². The van der Waals surface area contributed by atoms with Crippen molar-refractivity contribution in [2.75, 3.05) is 11.6 Å². The standard InChI is InChI=1S/C10H8ClN3O3S/c11-5-6-18-10-13-12-9(17-10)7-1-3-8(4-2-7)14(15)16/h1-4H,5-6H2. The number of hydrogen-bond acceptors (Lipinski definition) is 6. The van der Waals surface area contributed by atoms with Crippen molar-refractivity contribution in [2.24, 2.45) is 0 Å². The van der Waals surface area contributed by atoms with Gasteiger partial charge in [-0.3, -0.25) is 10.1 Å². The van der Waals surface area contributed by atoms with Gasteiger partial charge in [-0.25, -0.2) is 0 Å². The van der Waals surface area contributed by atoms with E-state index in [1.165, 1.54) is 23.9 Å². The number of thioether (sulfide) groups is 1. The van der Waals surface area contributed by atoms with E-state index < -0.39 is 4.92 Å². The second kappa shape index (κ2) is 5.83. The molecule has 0 N–H and O–H groups in total. The Bertz CT molecular complexity index is 544. The maximum absolute atomic E-state index is 10.5. The highest BCUT2D eigenvalue weighted by Gasteiger charge is 2.11. The SMILES string of the molecule is O=[N+]([O-])c1ccc(-c2nnc(SCCCl)o2)cc1. The Balaban J connectivity index is 2.15. The minimum absolute atomic E-state index is 0.0232. The zero-order valence-corrected chi connectivity index (χ0v) is 10.6. The van der Waals surface area contributed by atoms with E-state index in [-0.39, 0.29) is 5.69 Å². The highest BCUT2D eigenvalue weighted by molar-refractivity contribution is 7.99. The number of nitrogens with zero attached hydrogens (tertiary/aromatic N) is 3. The largest absolute Gasteiger partial charge is 0.411 e. The summed E-state index contributed by atoms with van der Waals surface area (Å²) in [7, 11) is 0. The van der Waals surface area contributed by atoms with Crippen LogP contribution in [0.1, 0.15) is 0 Å². The lowest BCUT2D eigenvalue weighted by Gasteiger charge is -1.94. The Morgan fingerprint density at radius 1 is 1.33 bits per heavy atom. The third-order valence-electron chi connectivity index (χ3n) is 2.03. The molecule has 2 aromatic rings. The van der Waals surface area contributed by atoms with Gasteiger partial charge in [-0.1, -0.05) is 11.8 Å². The molecule has 2 rings (SSSR count). The molecule has 0 spiro atoms. The van der Waals surface area contributed by atoms with Crippen LogP contribution in [0.25, 0.3) is 11.5 Å². The number of non-ortho nitro benzene ring substituents is 1.